The molecule has 2 aromatic carbocycles. The summed E-state index contributed by atoms with van der Waals surface area (Å²) in [6, 6.07) is 18.2. The minimum Gasteiger partial charge on any atom is -0.341 e. The fourth-order valence-electron chi connectivity index (χ4n) is 3.13. The van der Waals surface area contributed by atoms with E-state index < -0.39 is 6.04 Å². The predicted octanol–water partition coefficient (Wildman–Crippen LogP) is 2.99. The van der Waals surface area contributed by atoms with Crippen molar-refractivity contribution in [2.45, 2.75) is 18.9 Å². The Labute approximate surface area is 160 Å². The van der Waals surface area contributed by atoms with Crippen LogP contribution in [0.3, 0.4) is 0 Å². The molecule has 0 spiro atoms. The van der Waals surface area contributed by atoms with E-state index in [1.165, 1.54) is 0 Å². The number of hydrogen-bond donors (Lipinski definition) is 2. The second kappa shape index (κ2) is 9.36. The SMILES string of the molecule is Cl.NC(C(=O)N1CCC(C(=O)Nc2ccccc2)CC1)c1ccccc1. The van der Waals surface area contributed by atoms with Gasteiger partial charge in [0.15, 0.2) is 0 Å². The van der Waals surface area contributed by atoms with Gasteiger partial charge in [0.1, 0.15) is 6.04 Å². The largest absolute Gasteiger partial charge is 0.341 e. The monoisotopic (exact) mass is 373 g/mol. The van der Waals surface area contributed by atoms with E-state index in [1.807, 2.05) is 60.7 Å². The lowest BCUT2D eigenvalue weighted by molar-refractivity contribution is -0.135. The van der Waals surface area contributed by atoms with E-state index in [-0.39, 0.29) is 30.1 Å². The molecular weight excluding hydrogens is 350 g/mol. The Morgan fingerprint density at radius 2 is 1.50 bits per heavy atom. The first-order chi connectivity index (χ1) is 12.1. The Balaban J connectivity index is 0.00000243. The fraction of sp³-hybridized carbons (Fsp3) is 0.300. The van der Waals surface area contributed by atoms with Gasteiger partial charge in [0, 0.05) is 24.7 Å². The zero-order valence-electron chi connectivity index (χ0n) is 14.5. The van der Waals surface area contributed by atoms with Crippen LogP contribution in [0.5, 0.6) is 0 Å². The summed E-state index contributed by atoms with van der Waals surface area (Å²) in [6.45, 7) is 1.12. The fourth-order valence-corrected chi connectivity index (χ4v) is 3.13. The van der Waals surface area contributed by atoms with E-state index in [1.54, 1.807) is 4.90 Å². The number of likely N-dealkylation sites (tertiary alicyclic amines) is 1. The lowest BCUT2D eigenvalue weighted by Gasteiger charge is -2.33. The van der Waals surface area contributed by atoms with Crippen molar-refractivity contribution in [3.63, 3.8) is 0 Å². The van der Waals surface area contributed by atoms with Crippen LogP contribution in [0.25, 0.3) is 0 Å². The quantitative estimate of drug-likeness (QED) is 0.865. The van der Waals surface area contributed by atoms with E-state index in [9.17, 15) is 9.59 Å². The summed E-state index contributed by atoms with van der Waals surface area (Å²) in [6.07, 6.45) is 1.32. The molecule has 2 amide bonds. The molecule has 2 aromatic rings. The molecule has 1 fully saturated rings. The number of halogens is 1. The summed E-state index contributed by atoms with van der Waals surface area (Å²) < 4.78 is 0. The molecule has 1 aliphatic rings. The maximum atomic E-state index is 12.6. The van der Waals surface area contributed by atoms with Gasteiger partial charge in [0.2, 0.25) is 11.8 Å². The van der Waals surface area contributed by atoms with Gasteiger partial charge in [0.25, 0.3) is 0 Å². The smallest absolute Gasteiger partial charge is 0.244 e. The summed E-state index contributed by atoms with van der Waals surface area (Å²) in [5, 5.41) is 2.94. The standard InChI is InChI=1S/C20H23N3O2.ClH/c21-18(15-7-3-1-4-8-15)20(25)23-13-11-16(12-14-23)19(24)22-17-9-5-2-6-10-17;/h1-10,16,18H,11-14,21H2,(H,22,24);1H. The van der Waals surface area contributed by atoms with Gasteiger partial charge in [-0.15, -0.1) is 12.4 Å². The van der Waals surface area contributed by atoms with E-state index in [0.717, 1.165) is 11.3 Å². The average Bonchev–Trinajstić information content (AvgIpc) is 2.68. The van der Waals surface area contributed by atoms with Crippen LogP contribution in [-0.4, -0.2) is 29.8 Å². The van der Waals surface area contributed by atoms with E-state index in [0.29, 0.717) is 25.9 Å². The van der Waals surface area contributed by atoms with Gasteiger partial charge < -0.3 is 16.0 Å². The molecule has 0 radical (unpaired) electrons. The molecule has 1 saturated heterocycles. The first kappa shape index (κ1) is 19.9. The highest BCUT2D eigenvalue weighted by Crippen LogP contribution is 2.22. The number of anilines is 1. The lowest BCUT2D eigenvalue weighted by Crippen LogP contribution is -2.45. The zero-order chi connectivity index (χ0) is 17.6. The molecule has 5 nitrogen and oxygen atoms in total. The number of piperidine rings is 1. The molecule has 3 rings (SSSR count). The second-order valence-electron chi connectivity index (χ2n) is 6.34. The number of nitrogens with one attached hydrogen (secondary N) is 1. The molecule has 1 atom stereocenters. The molecule has 6 heteroatoms. The van der Waals surface area contributed by atoms with Crippen molar-refractivity contribution < 1.29 is 9.59 Å². The van der Waals surface area contributed by atoms with Crippen molar-refractivity contribution >= 4 is 29.9 Å². The molecular formula is C20H24ClN3O2. The summed E-state index contributed by atoms with van der Waals surface area (Å²) in [7, 11) is 0. The molecule has 1 heterocycles. The molecule has 0 aliphatic carbocycles. The van der Waals surface area contributed by atoms with Crippen LogP contribution < -0.4 is 11.1 Å². The third kappa shape index (κ3) is 4.84. The van der Waals surface area contributed by atoms with E-state index >= 15 is 0 Å². The van der Waals surface area contributed by atoms with E-state index in [2.05, 4.69) is 5.32 Å². The van der Waals surface area contributed by atoms with Crippen LogP contribution in [0.1, 0.15) is 24.4 Å². The van der Waals surface area contributed by atoms with Gasteiger partial charge in [0.05, 0.1) is 0 Å². The van der Waals surface area contributed by atoms with Crippen molar-refractivity contribution in [1.82, 2.24) is 4.90 Å². The molecule has 1 unspecified atom stereocenters. The summed E-state index contributed by atoms with van der Waals surface area (Å²) >= 11 is 0. The molecule has 0 aromatic heterocycles. The Bertz CT molecular complexity index is 716. The van der Waals surface area contributed by atoms with Gasteiger partial charge in [-0.05, 0) is 30.5 Å². The van der Waals surface area contributed by atoms with Gasteiger partial charge in [-0.1, -0.05) is 48.5 Å². The normalized spacial score (nSPS) is 15.7. The summed E-state index contributed by atoms with van der Waals surface area (Å²) in [5.41, 5.74) is 7.71. The topological polar surface area (TPSA) is 75.4 Å². The average molecular weight is 374 g/mol. The number of benzene rings is 2. The molecule has 138 valence electrons. The van der Waals surface area contributed by atoms with E-state index in [4.69, 9.17) is 5.73 Å². The van der Waals surface area contributed by atoms with Crippen LogP contribution in [-0.2, 0) is 9.59 Å². The molecule has 3 N–H and O–H groups in total. The minimum atomic E-state index is -0.643. The van der Waals surface area contributed by atoms with Crippen molar-refractivity contribution in [3.8, 4) is 0 Å². The number of nitrogens with two attached hydrogens (primary N) is 1. The number of hydrogen-bond acceptors (Lipinski definition) is 3. The molecule has 1 aliphatic heterocycles. The van der Waals surface area contributed by atoms with Crippen LogP contribution in [0.4, 0.5) is 5.69 Å². The molecule has 26 heavy (non-hydrogen) atoms. The van der Waals surface area contributed by atoms with Crippen molar-refractivity contribution in [2.24, 2.45) is 11.7 Å². The van der Waals surface area contributed by atoms with Crippen LogP contribution in [0, 0.1) is 5.92 Å². The van der Waals surface area contributed by atoms with Gasteiger partial charge in [-0.2, -0.15) is 0 Å². The molecule has 0 bridgehead atoms. The zero-order valence-corrected chi connectivity index (χ0v) is 15.3. The van der Waals surface area contributed by atoms with Crippen LogP contribution >= 0.6 is 12.4 Å². The van der Waals surface area contributed by atoms with Gasteiger partial charge >= 0.3 is 0 Å². The van der Waals surface area contributed by atoms with Crippen molar-refractivity contribution in [2.75, 3.05) is 18.4 Å². The van der Waals surface area contributed by atoms with Gasteiger partial charge in [-0.25, -0.2) is 0 Å². The van der Waals surface area contributed by atoms with Crippen molar-refractivity contribution in [3.05, 3.63) is 66.2 Å². The molecule has 0 saturated carbocycles. The van der Waals surface area contributed by atoms with Gasteiger partial charge in [-0.3, -0.25) is 9.59 Å². The Morgan fingerprint density at radius 1 is 0.962 bits per heavy atom. The lowest BCUT2D eigenvalue weighted by atomic mass is 9.94. The highest BCUT2D eigenvalue weighted by molar-refractivity contribution is 5.92. The Hall–Kier alpha value is -2.37. The number of amides is 2. The van der Waals surface area contributed by atoms with Crippen LogP contribution in [0.15, 0.2) is 60.7 Å². The second-order valence-corrected chi connectivity index (χ2v) is 6.34. The maximum Gasteiger partial charge on any atom is 0.244 e. The van der Waals surface area contributed by atoms with Crippen molar-refractivity contribution in [1.29, 1.82) is 0 Å². The first-order valence-electron chi connectivity index (χ1n) is 8.60. The summed E-state index contributed by atoms with van der Waals surface area (Å²) in [5.74, 6) is -0.129. The maximum absolute atomic E-state index is 12.6. The predicted molar refractivity (Wildman–Crippen MR) is 105 cm³/mol. The number of nitrogens with zero attached hydrogens (tertiary/aromatic N) is 1. The van der Waals surface area contributed by atoms with Crippen LogP contribution in [0.2, 0.25) is 0 Å². The highest BCUT2D eigenvalue weighted by Gasteiger charge is 2.30. The summed E-state index contributed by atoms with van der Waals surface area (Å²) in [4.78, 5) is 26.7. The Morgan fingerprint density at radius 3 is 2.08 bits per heavy atom. The number of carbonyl (C=O) groups excluding carboxylic acids is 2. The third-order valence-electron chi connectivity index (χ3n) is 4.64. The minimum absolute atomic E-state index is 0. The number of rotatable bonds is 4. The number of para-hydroxylation sites is 1. The number of carbonyl (C=O) groups is 2. The Kier molecular flexibility index (Phi) is 7.18. The highest BCUT2D eigenvalue weighted by atomic mass is 35.5. The third-order valence-corrected chi connectivity index (χ3v) is 4.64. The first-order valence-corrected chi connectivity index (χ1v) is 8.60.